The minimum absolute atomic E-state index is 0. The lowest BCUT2D eigenvalue weighted by molar-refractivity contribution is -0.679. The zero-order chi connectivity index (χ0) is 33.9. The Labute approximate surface area is 322 Å². The second-order valence-corrected chi connectivity index (χ2v) is 14.6. The van der Waals surface area contributed by atoms with Crippen LogP contribution in [0.3, 0.4) is 0 Å². The van der Waals surface area contributed by atoms with Crippen molar-refractivity contribution in [3.63, 3.8) is 0 Å². The van der Waals surface area contributed by atoms with Crippen LogP contribution in [0.15, 0.2) is 130 Å². The quantitative estimate of drug-likeness (QED) is 0.150. The van der Waals surface area contributed by atoms with Crippen molar-refractivity contribution in [2.75, 3.05) is 18.6 Å². The number of halogens is 1. The van der Waals surface area contributed by atoms with Crippen molar-refractivity contribution in [1.82, 2.24) is 4.57 Å². The third-order valence-corrected chi connectivity index (χ3v) is 12.1. The van der Waals surface area contributed by atoms with Crippen LogP contribution in [0.4, 0.5) is 5.69 Å². The van der Waals surface area contributed by atoms with Gasteiger partial charge in [-0.05, 0) is 68.3 Å². The Morgan fingerprint density at radius 1 is 0.820 bits per heavy atom. The van der Waals surface area contributed by atoms with Crippen LogP contribution in [-0.4, -0.2) is 18.2 Å². The Bertz CT molecular complexity index is 2330. The second-order valence-electron chi connectivity index (χ2n) is 11.5. The highest BCUT2D eigenvalue weighted by molar-refractivity contribution is 8.03. The maximum Gasteiger partial charge on any atom is 0.269 e. The molecular weight excluding hydrogens is 790 g/mol. The molecule has 2 aromatic heterocycles. The molecular formula is C41H38IN3O2S3. The molecule has 6 aromatic rings. The van der Waals surface area contributed by atoms with Gasteiger partial charge in [0.1, 0.15) is 26.4 Å². The number of nitrogens with zero attached hydrogens (tertiary/aromatic N) is 3. The van der Waals surface area contributed by atoms with Crippen LogP contribution in [-0.2, 0) is 13.1 Å². The molecule has 7 rings (SSSR count). The number of hydrogen-bond acceptors (Lipinski definition) is 6. The summed E-state index contributed by atoms with van der Waals surface area (Å²) in [5.41, 5.74) is 6.71. The second kappa shape index (κ2) is 16.0. The molecule has 50 heavy (non-hydrogen) atoms. The maximum atomic E-state index is 14.4. The fraction of sp³-hybridized carbons (Fsp3) is 0.171. The summed E-state index contributed by atoms with van der Waals surface area (Å²) in [4.78, 5) is 19.1. The molecule has 3 heterocycles. The van der Waals surface area contributed by atoms with Crippen molar-refractivity contribution in [2.24, 2.45) is 0 Å². The van der Waals surface area contributed by atoms with Crippen LogP contribution in [0.2, 0.25) is 0 Å². The minimum Gasteiger partial charge on any atom is -1.00 e. The zero-order valence-corrected chi connectivity index (χ0v) is 33.0. The molecule has 0 unspecified atom stereocenters. The van der Waals surface area contributed by atoms with Crippen molar-refractivity contribution >= 4 is 51.8 Å². The molecule has 1 aliphatic rings. The maximum absolute atomic E-state index is 14.4. The summed E-state index contributed by atoms with van der Waals surface area (Å²) in [6, 6.07) is 37.7. The summed E-state index contributed by atoms with van der Waals surface area (Å²) >= 11 is 5.07. The molecule has 0 spiro atoms. The Balaban J connectivity index is 0.00000432. The smallest absolute Gasteiger partial charge is 0.269 e. The van der Waals surface area contributed by atoms with Gasteiger partial charge in [0, 0.05) is 29.1 Å². The van der Waals surface area contributed by atoms with Gasteiger partial charge < -0.3 is 33.6 Å². The first-order chi connectivity index (χ1) is 24.0. The molecule has 0 radical (unpaired) electrons. The van der Waals surface area contributed by atoms with Crippen molar-refractivity contribution in [3.8, 4) is 27.4 Å². The number of anilines is 1. The lowest BCUT2D eigenvalue weighted by Gasteiger charge is -2.18. The van der Waals surface area contributed by atoms with E-state index in [1.54, 1.807) is 41.5 Å². The lowest BCUT2D eigenvalue weighted by atomic mass is 10.1. The molecule has 0 saturated heterocycles. The standard InChI is InChI=1S/C41H38N3O2S3.HI/c1-5-42-33-24-23-31(46-4)25-34(33)47-35(42)26-32(28-17-11-8-12-18-28)40-41(45)44(7-3)37(49-40)27-36-43(6-2)38(29-19-13-9-14-20-29)39(48-36)30-21-15-10-16-22-30;/h8-27H,5-7H2,1-4H3;1H/q+1;/p-1. The Hall–Kier alpha value is -3.90. The number of fused-ring (bicyclic) bond motifs is 1. The number of aromatic nitrogens is 2. The van der Waals surface area contributed by atoms with Crippen LogP contribution in [0.25, 0.3) is 33.3 Å². The van der Waals surface area contributed by atoms with Crippen LogP contribution in [0, 0.1) is 0 Å². The first kappa shape index (κ1) is 35.9. The Morgan fingerprint density at radius 3 is 2.10 bits per heavy atom. The van der Waals surface area contributed by atoms with Crippen molar-refractivity contribution < 1.29 is 33.3 Å². The van der Waals surface area contributed by atoms with Gasteiger partial charge in [-0.2, -0.15) is 4.57 Å². The summed E-state index contributed by atoms with van der Waals surface area (Å²) in [5.74, 6) is 0.837. The third kappa shape index (κ3) is 6.88. The van der Waals surface area contributed by atoms with Crippen molar-refractivity contribution in [2.45, 2.75) is 38.8 Å². The van der Waals surface area contributed by atoms with E-state index < -0.39 is 0 Å². The summed E-state index contributed by atoms with van der Waals surface area (Å²) in [6.45, 7) is 8.60. The number of rotatable bonds is 9. The lowest BCUT2D eigenvalue weighted by Crippen LogP contribution is -3.00. The first-order valence-corrected chi connectivity index (χ1v) is 19.0. The predicted octanol–water partition coefficient (Wildman–Crippen LogP) is 5.15. The van der Waals surface area contributed by atoms with Crippen LogP contribution in [0.5, 0.6) is 5.75 Å². The van der Waals surface area contributed by atoms with E-state index in [1.165, 1.54) is 21.7 Å². The van der Waals surface area contributed by atoms with Gasteiger partial charge in [0.25, 0.3) is 10.6 Å². The van der Waals surface area contributed by atoms with Gasteiger partial charge in [0.15, 0.2) is 0 Å². The summed E-state index contributed by atoms with van der Waals surface area (Å²) in [5, 5.41) is 2.20. The van der Waals surface area contributed by atoms with Crippen LogP contribution >= 0.6 is 34.4 Å². The molecule has 9 heteroatoms. The van der Waals surface area contributed by atoms with Gasteiger partial charge >= 0.3 is 0 Å². The largest absolute Gasteiger partial charge is 1.00 e. The van der Waals surface area contributed by atoms with Gasteiger partial charge in [-0.25, -0.2) is 0 Å². The van der Waals surface area contributed by atoms with Gasteiger partial charge in [-0.1, -0.05) is 102 Å². The molecule has 0 bridgehead atoms. The first-order valence-electron chi connectivity index (χ1n) is 16.6. The molecule has 0 fully saturated rings. The van der Waals surface area contributed by atoms with E-state index in [2.05, 4.69) is 127 Å². The van der Waals surface area contributed by atoms with Gasteiger partial charge in [-0.3, -0.25) is 9.36 Å². The third-order valence-electron chi connectivity index (χ3n) is 8.68. The van der Waals surface area contributed by atoms with E-state index in [9.17, 15) is 4.79 Å². The topological polar surface area (TPSA) is 38.4 Å². The average molecular weight is 828 g/mol. The number of methoxy groups -OCH3 is 1. The molecule has 4 aromatic carbocycles. The summed E-state index contributed by atoms with van der Waals surface area (Å²) < 4.78 is 11.5. The Morgan fingerprint density at radius 2 is 1.48 bits per heavy atom. The van der Waals surface area contributed by atoms with Crippen LogP contribution in [0.1, 0.15) is 31.3 Å². The van der Waals surface area contributed by atoms with E-state index in [4.69, 9.17) is 4.74 Å². The highest BCUT2D eigenvalue weighted by atomic mass is 127. The fourth-order valence-electron chi connectivity index (χ4n) is 6.31. The number of allylic oxidation sites excluding steroid dienone is 1. The highest BCUT2D eigenvalue weighted by Gasteiger charge is 2.28. The summed E-state index contributed by atoms with van der Waals surface area (Å²) in [7, 11) is 1.70. The number of benzene rings is 4. The van der Waals surface area contributed by atoms with E-state index in [-0.39, 0.29) is 29.5 Å². The number of thiazole rings is 2. The van der Waals surface area contributed by atoms with Gasteiger partial charge in [0.05, 0.1) is 23.9 Å². The normalized spacial score (nSPS) is 14.1. The minimum atomic E-state index is 0. The van der Waals surface area contributed by atoms with Gasteiger partial charge in [0.2, 0.25) is 5.69 Å². The molecule has 0 N–H and O–H groups in total. The van der Waals surface area contributed by atoms with Gasteiger partial charge in [-0.15, -0.1) is 11.3 Å². The monoisotopic (exact) mass is 827 g/mol. The van der Waals surface area contributed by atoms with Crippen molar-refractivity contribution in [1.29, 1.82) is 0 Å². The SMILES string of the molecule is CCN1C(=CC(c2ccccc2)=c2sc(=Cc3sc(-c4ccccc4)c(-c4ccccc4)[n+]3CC)n(CC)c2=O)Sc2cc(OC)ccc21.[I-]. The molecule has 0 atom stereocenters. The zero-order valence-electron chi connectivity index (χ0n) is 28.4. The molecule has 5 nitrogen and oxygen atoms in total. The number of ether oxygens (including phenoxy) is 1. The summed E-state index contributed by atoms with van der Waals surface area (Å²) in [6.07, 6.45) is 4.41. The number of hydrogen-bond donors (Lipinski definition) is 0. The molecule has 0 amide bonds. The highest BCUT2D eigenvalue weighted by Crippen LogP contribution is 2.47. The fourth-order valence-corrected chi connectivity index (χ4v) is 10.1. The molecule has 254 valence electrons. The van der Waals surface area contributed by atoms with E-state index in [0.717, 1.165) is 59.8 Å². The van der Waals surface area contributed by atoms with E-state index in [1.807, 2.05) is 28.8 Å². The molecule has 0 saturated carbocycles. The Kier molecular flexibility index (Phi) is 11.5. The molecule has 1 aliphatic heterocycles. The van der Waals surface area contributed by atoms with E-state index in [0.29, 0.717) is 6.54 Å². The van der Waals surface area contributed by atoms with Crippen LogP contribution < -0.4 is 52.9 Å². The number of thioether (sulfide) groups is 1. The van der Waals surface area contributed by atoms with Crippen molar-refractivity contribution in [3.05, 3.63) is 150 Å². The molecule has 0 aliphatic carbocycles. The average Bonchev–Trinajstić information content (AvgIpc) is 3.80. The van der Waals surface area contributed by atoms with E-state index >= 15 is 0 Å². The predicted molar refractivity (Wildman–Crippen MR) is 207 cm³/mol.